The number of halogens is 1. The highest BCUT2D eigenvalue weighted by Gasteiger charge is 2.09. The third-order valence-corrected chi connectivity index (χ3v) is 5.48. The Balaban J connectivity index is 1.84. The largest absolute Gasteiger partial charge is 0.494 e. The number of benzene rings is 2. The fourth-order valence-electron chi connectivity index (χ4n) is 2.55. The van der Waals surface area contributed by atoms with E-state index in [-0.39, 0.29) is 11.4 Å². The quantitative estimate of drug-likeness (QED) is 0.435. The number of aromatic amines is 1. The third kappa shape index (κ3) is 5.00. The minimum Gasteiger partial charge on any atom is -0.494 e. The molecular weight excluding hydrogens is 426 g/mol. The summed E-state index contributed by atoms with van der Waals surface area (Å²) in [4.78, 5) is 22.3. The fourth-order valence-corrected chi connectivity index (χ4v) is 3.93. The number of pyridine rings is 1. The molecule has 3 rings (SSSR count). The Labute approximate surface area is 170 Å². The van der Waals surface area contributed by atoms with Gasteiger partial charge in [0, 0.05) is 38.7 Å². The van der Waals surface area contributed by atoms with Crippen molar-refractivity contribution in [3.05, 3.63) is 62.9 Å². The van der Waals surface area contributed by atoms with Crippen LogP contribution >= 0.6 is 27.7 Å². The average molecular weight is 446 g/mol. The Kier molecular flexibility index (Phi) is 6.36. The number of thioether (sulfide) groups is 1. The van der Waals surface area contributed by atoms with Gasteiger partial charge in [0.25, 0.3) is 5.56 Å². The Hall–Kier alpha value is -2.09. The second-order valence-corrected chi connectivity index (χ2v) is 8.39. The van der Waals surface area contributed by atoms with E-state index in [0.29, 0.717) is 16.3 Å². The van der Waals surface area contributed by atoms with Gasteiger partial charge < -0.3 is 10.0 Å². The molecule has 3 aromatic rings. The van der Waals surface area contributed by atoms with E-state index in [1.165, 1.54) is 4.90 Å². The van der Waals surface area contributed by atoms with Gasteiger partial charge in [-0.05, 0) is 56.6 Å². The van der Waals surface area contributed by atoms with Gasteiger partial charge in [0.05, 0.1) is 11.3 Å². The predicted molar refractivity (Wildman–Crippen MR) is 117 cm³/mol. The lowest BCUT2D eigenvalue weighted by atomic mass is 10.1. The van der Waals surface area contributed by atoms with Gasteiger partial charge >= 0.3 is 0 Å². The van der Waals surface area contributed by atoms with Crippen LogP contribution in [0.4, 0.5) is 5.69 Å². The lowest BCUT2D eigenvalue weighted by molar-refractivity contribution is 0.437. The second kappa shape index (κ2) is 8.73. The number of nitrogens with zero attached hydrogens (tertiary/aromatic N) is 2. The van der Waals surface area contributed by atoms with Crippen molar-refractivity contribution < 1.29 is 5.11 Å². The van der Waals surface area contributed by atoms with Crippen LogP contribution < -0.4 is 5.56 Å². The molecule has 140 valence electrons. The summed E-state index contributed by atoms with van der Waals surface area (Å²) in [5.41, 5.74) is 0.933. The van der Waals surface area contributed by atoms with Crippen LogP contribution in [0.3, 0.4) is 0 Å². The van der Waals surface area contributed by atoms with Crippen LogP contribution in [0.5, 0.6) is 5.88 Å². The van der Waals surface area contributed by atoms with Crippen LogP contribution in [0.25, 0.3) is 10.8 Å². The second-order valence-electron chi connectivity index (χ2n) is 6.31. The first kappa shape index (κ1) is 19.7. The number of aromatic nitrogens is 1. The summed E-state index contributed by atoms with van der Waals surface area (Å²) in [6, 6.07) is 13.3. The molecule has 0 unspecified atom stereocenters. The van der Waals surface area contributed by atoms with E-state index < -0.39 is 0 Å². The molecule has 0 aliphatic carbocycles. The zero-order valence-electron chi connectivity index (χ0n) is 15.1. The Bertz CT molecular complexity index is 1030. The first-order chi connectivity index (χ1) is 12.9. The molecule has 5 nitrogen and oxygen atoms in total. The molecule has 2 aromatic carbocycles. The van der Waals surface area contributed by atoms with Crippen molar-refractivity contribution in [3.8, 4) is 5.88 Å². The van der Waals surface area contributed by atoms with E-state index in [1.807, 2.05) is 24.3 Å². The standard InChI is InChI=1S/C20H20BrN3O2S/c1-24(2)9-10-27-15-6-4-14(5-7-15)22-12-18-17-11-13(21)3-8-16(17)19(25)23-20(18)26/h3-8,11-12H,9-10H2,1-2H3,(H2,23,25,26). The van der Waals surface area contributed by atoms with Crippen LogP contribution in [-0.4, -0.2) is 47.6 Å². The number of nitrogens with one attached hydrogen (secondary N) is 1. The van der Waals surface area contributed by atoms with Crippen LogP contribution in [0.15, 0.2) is 61.6 Å². The van der Waals surface area contributed by atoms with E-state index >= 15 is 0 Å². The SMILES string of the molecule is CN(C)CCSc1ccc(N=Cc2c(O)[nH]c(=O)c3ccc(Br)cc23)cc1. The van der Waals surface area contributed by atoms with Gasteiger partial charge in [-0.1, -0.05) is 15.9 Å². The van der Waals surface area contributed by atoms with Gasteiger partial charge in [-0.15, -0.1) is 11.8 Å². The van der Waals surface area contributed by atoms with Crippen LogP contribution in [0.2, 0.25) is 0 Å². The first-order valence-electron chi connectivity index (χ1n) is 8.40. The number of aliphatic imine (C=N–C) groups is 1. The third-order valence-electron chi connectivity index (χ3n) is 3.99. The highest BCUT2D eigenvalue weighted by molar-refractivity contribution is 9.10. The molecule has 0 atom stereocenters. The van der Waals surface area contributed by atoms with Gasteiger partial charge in [0.1, 0.15) is 0 Å². The molecule has 0 bridgehead atoms. The molecule has 2 N–H and O–H groups in total. The van der Waals surface area contributed by atoms with Crippen molar-refractivity contribution in [2.75, 3.05) is 26.4 Å². The molecule has 0 fully saturated rings. The van der Waals surface area contributed by atoms with Gasteiger partial charge in [-0.2, -0.15) is 0 Å². The van der Waals surface area contributed by atoms with Crippen molar-refractivity contribution >= 4 is 50.4 Å². The lowest BCUT2D eigenvalue weighted by Crippen LogP contribution is -2.14. The molecule has 0 aliphatic rings. The normalized spacial score (nSPS) is 11.7. The van der Waals surface area contributed by atoms with Crippen molar-refractivity contribution in [1.29, 1.82) is 0 Å². The van der Waals surface area contributed by atoms with E-state index in [0.717, 1.165) is 22.5 Å². The van der Waals surface area contributed by atoms with E-state index in [1.54, 1.807) is 36.2 Å². The summed E-state index contributed by atoms with van der Waals surface area (Å²) >= 11 is 5.21. The molecule has 0 amide bonds. The van der Waals surface area contributed by atoms with E-state index in [2.05, 4.69) is 44.9 Å². The average Bonchev–Trinajstić information content (AvgIpc) is 2.62. The predicted octanol–water partition coefficient (Wildman–Crippen LogP) is 4.40. The number of H-pyrrole nitrogens is 1. The number of hydrogen-bond acceptors (Lipinski definition) is 5. The lowest BCUT2D eigenvalue weighted by Gasteiger charge is -2.08. The molecule has 0 radical (unpaired) electrons. The highest BCUT2D eigenvalue weighted by Crippen LogP contribution is 2.26. The summed E-state index contributed by atoms with van der Waals surface area (Å²) in [5.74, 6) is 0.840. The van der Waals surface area contributed by atoms with Gasteiger partial charge in [0.2, 0.25) is 5.88 Å². The van der Waals surface area contributed by atoms with Crippen LogP contribution in [-0.2, 0) is 0 Å². The van der Waals surface area contributed by atoms with Gasteiger partial charge in [-0.3, -0.25) is 14.8 Å². The number of rotatable bonds is 6. The zero-order chi connectivity index (χ0) is 19.4. The van der Waals surface area contributed by atoms with Crippen molar-refractivity contribution in [1.82, 2.24) is 9.88 Å². The van der Waals surface area contributed by atoms with Crippen LogP contribution in [0, 0.1) is 0 Å². The van der Waals surface area contributed by atoms with Crippen molar-refractivity contribution in [3.63, 3.8) is 0 Å². The molecule has 1 heterocycles. The van der Waals surface area contributed by atoms with Gasteiger partial charge in [-0.25, -0.2) is 0 Å². The maximum atomic E-state index is 12.0. The summed E-state index contributed by atoms with van der Waals surface area (Å²) in [6.45, 7) is 1.03. The summed E-state index contributed by atoms with van der Waals surface area (Å²) in [6.07, 6.45) is 1.58. The monoisotopic (exact) mass is 445 g/mol. The molecule has 0 aliphatic heterocycles. The summed E-state index contributed by atoms with van der Waals surface area (Å²) in [7, 11) is 4.12. The molecule has 0 saturated heterocycles. The Morgan fingerprint density at radius 1 is 1.19 bits per heavy atom. The smallest absolute Gasteiger partial charge is 0.258 e. The van der Waals surface area contributed by atoms with E-state index in [9.17, 15) is 9.90 Å². The zero-order valence-corrected chi connectivity index (χ0v) is 17.5. The molecule has 0 spiro atoms. The highest BCUT2D eigenvalue weighted by atomic mass is 79.9. The van der Waals surface area contributed by atoms with Crippen LogP contribution in [0.1, 0.15) is 5.56 Å². The summed E-state index contributed by atoms with van der Waals surface area (Å²) in [5, 5.41) is 11.3. The van der Waals surface area contributed by atoms with Crippen molar-refractivity contribution in [2.24, 2.45) is 4.99 Å². The topological polar surface area (TPSA) is 68.7 Å². The first-order valence-corrected chi connectivity index (χ1v) is 10.2. The number of fused-ring (bicyclic) bond motifs is 1. The van der Waals surface area contributed by atoms with E-state index in [4.69, 9.17) is 0 Å². The Morgan fingerprint density at radius 3 is 2.63 bits per heavy atom. The molecule has 1 aromatic heterocycles. The Morgan fingerprint density at radius 2 is 1.93 bits per heavy atom. The molecule has 0 saturated carbocycles. The van der Waals surface area contributed by atoms with Gasteiger partial charge in [0.15, 0.2) is 0 Å². The minimum atomic E-state index is -0.328. The minimum absolute atomic E-state index is 0.190. The maximum Gasteiger partial charge on any atom is 0.258 e. The maximum absolute atomic E-state index is 12.0. The molecule has 7 heteroatoms. The number of aromatic hydroxyl groups is 1. The molecule has 27 heavy (non-hydrogen) atoms. The molecular formula is C20H20BrN3O2S. The summed E-state index contributed by atoms with van der Waals surface area (Å²) < 4.78 is 0.828. The fraction of sp³-hybridized carbons (Fsp3) is 0.200. The number of hydrogen-bond donors (Lipinski definition) is 2. The van der Waals surface area contributed by atoms with Crippen molar-refractivity contribution in [2.45, 2.75) is 4.90 Å².